The van der Waals surface area contributed by atoms with Gasteiger partial charge in [0.25, 0.3) is 0 Å². The first kappa shape index (κ1) is 16.1. The molecule has 0 unspecified atom stereocenters. The van der Waals surface area contributed by atoms with Gasteiger partial charge in [0.15, 0.2) is 0 Å². The molecular formula is C22H28O. The average Bonchev–Trinajstić information content (AvgIpc) is 2.55. The lowest BCUT2D eigenvalue weighted by molar-refractivity contribution is 0.131. The van der Waals surface area contributed by atoms with Crippen molar-refractivity contribution < 1.29 is 4.74 Å². The zero-order valence-electron chi connectivity index (χ0n) is 14.6. The Morgan fingerprint density at radius 3 is 1.87 bits per heavy atom. The second kappa shape index (κ2) is 6.39. The van der Waals surface area contributed by atoms with Crippen LogP contribution in [0, 0.1) is 0 Å². The number of benzene rings is 2. The number of hydrogen-bond donors (Lipinski definition) is 0. The Hall–Kier alpha value is -1.76. The minimum Gasteiger partial charge on any atom is -0.488 e. The molecule has 2 aromatic rings. The van der Waals surface area contributed by atoms with Crippen LogP contribution in [0.1, 0.15) is 64.0 Å². The van der Waals surface area contributed by atoms with Crippen LogP contribution in [0.25, 0.3) is 0 Å². The molecule has 0 radical (unpaired) electrons. The van der Waals surface area contributed by atoms with E-state index in [1.54, 1.807) is 0 Å². The fourth-order valence-electron chi connectivity index (χ4n) is 3.85. The molecule has 1 aliphatic carbocycles. The van der Waals surface area contributed by atoms with Crippen LogP contribution >= 0.6 is 0 Å². The van der Waals surface area contributed by atoms with Crippen LogP contribution in [-0.4, -0.2) is 5.60 Å². The third kappa shape index (κ3) is 3.60. The fraction of sp³-hybridized carbons (Fsp3) is 0.455. The molecule has 1 saturated carbocycles. The van der Waals surface area contributed by atoms with Crippen LogP contribution in [0.4, 0.5) is 0 Å². The molecule has 0 bridgehead atoms. The minimum atomic E-state index is -0.149. The molecule has 122 valence electrons. The molecule has 1 heteroatoms. The highest BCUT2D eigenvalue weighted by molar-refractivity contribution is 5.42. The number of rotatable bonds is 3. The highest BCUT2D eigenvalue weighted by atomic mass is 16.5. The van der Waals surface area contributed by atoms with Crippen molar-refractivity contribution in [1.82, 2.24) is 0 Å². The van der Waals surface area contributed by atoms with E-state index in [1.165, 1.54) is 43.2 Å². The Morgan fingerprint density at radius 2 is 1.30 bits per heavy atom. The van der Waals surface area contributed by atoms with Gasteiger partial charge >= 0.3 is 0 Å². The minimum absolute atomic E-state index is 0.149. The van der Waals surface area contributed by atoms with E-state index < -0.39 is 0 Å². The summed E-state index contributed by atoms with van der Waals surface area (Å²) in [6, 6.07) is 19.9. The maximum absolute atomic E-state index is 5.98. The van der Waals surface area contributed by atoms with E-state index in [-0.39, 0.29) is 11.0 Å². The summed E-state index contributed by atoms with van der Waals surface area (Å²) in [5.74, 6) is 0.959. The Labute approximate surface area is 140 Å². The van der Waals surface area contributed by atoms with Crippen LogP contribution in [0.5, 0.6) is 5.75 Å². The molecule has 3 rings (SSSR count). The van der Waals surface area contributed by atoms with E-state index in [4.69, 9.17) is 4.74 Å². The maximum Gasteiger partial charge on any atom is 0.120 e. The number of ether oxygens (including phenoxy) is 1. The Bertz CT molecular complexity index is 613. The Kier molecular flexibility index (Phi) is 4.48. The SMILES string of the molecule is CC(C)(C)Oc1ccc(C2(c3ccccc3)CCCCC2)cc1. The average molecular weight is 308 g/mol. The molecule has 0 atom stereocenters. The molecule has 1 nitrogen and oxygen atoms in total. The fourth-order valence-corrected chi connectivity index (χ4v) is 3.85. The van der Waals surface area contributed by atoms with Gasteiger partial charge in [-0.2, -0.15) is 0 Å². The summed E-state index contributed by atoms with van der Waals surface area (Å²) in [7, 11) is 0. The van der Waals surface area contributed by atoms with E-state index in [9.17, 15) is 0 Å². The highest BCUT2D eigenvalue weighted by Crippen LogP contribution is 2.45. The molecule has 0 heterocycles. The van der Waals surface area contributed by atoms with Gasteiger partial charge in [0, 0.05) is 5.41 Å². The first-order chi connectivity index (χ1) is 11.0. The van der Waals surface area contributed by atoms with Gasteiger partial charge in [0.05, 0.1) is 0 Å². The van der Waals surface area contributed by atoms with Crippen molar-refractivity contribution in [3.8, 4) is 5.75 Å². The van der Waals surface area contributed by atoms with Gasteiger partial charge in [-0.15, -0.1) is 0 Å². The zero-order valence-corrected chi connectivity index (χ0v) is 14.6. The molecule has 1 fully saturated rings. The van der Waals surface area contributed by atoms with E-state index in [2.05, 4.69) is 75.4 Å². The van der Waals surface area contributed by atoms with Crippen LogP contribution < -0.4 is 4.74 Å². The topological polar surface area (TPSA) is 9.23 Å². The molecule has 0 spiro atoms. The molecule has 0 saturated heterocycles. The van der Waals surface area contributed by atoms with Crippen LogP contribution in [0.3, 0.4) is 0 Å². The number of hydrogen-bond acceptors (Lipinski definition) is 1. The van der Waals surface area contributed by atoms with Gasteiger partial charge in [0.1, 0.15) is 11.4 Å². The second-order valence-electron chi connectivity index (χ2n) is 7.75. The first-order valence-electron chi connectivity index (χ1n) is 8.85. The summed E-state index contributed by atoms with van der Waals surface area (Å²) in [6.07, 6.45) is 6.48. The molecule has 2 aromatic carbocycles. The Morgan fingerprint density at radius 1 is 0.739 bits per heavy atom. The summed E-state index contributed by atoms with van der Waals surface area (Å²) >= 11 is 0. The second-order valence-corrected chi connectivity index (χ2v) is 7.75. The molecular weight excluding hydrogens is 280 g/mol. The van der Waals surface area contributed by atoms with Gasteiger partial charge in [-0.25, -0.2) is 0 Å². The largest absolute Gasteiger partial charge is 0.488 e. The monoisotopic (exact) mass is 308 g/mol. The predicted octanol–water partition coefficient (Wildman–Crippen LogP) is 6.11. The summed E-state index contributed by atoms with van der Waals surface area (Å²) in [6.45, 7) is 6.27. The van der Waals surface area contributed by atoms with Crippen molar-refractivity contribution in [2.75, 3.05) is 0 Å². The lowest BCUT2D eigenvalue weighted by atomic mass is 9.65. The summed E-state index contributed by atoms with van der Waals surface area (Å²) < 4.78 is 5.98. The maximum atomic E-state index is 5.98. The Balaban J connectivity index is 1.95. The van der Waals surface area contributed by atoms with E-state index >= 15 is 0 Å². The van der Waals surface area contributed by atoms with E-state index in [1.807, 2.05) is 0 Å². The van der Waals surface area contributed by atoms with Crippen LogP contribution in [0.15, 0.2) is 54.6 Å². The van der Waals surface area contributed by atoms with Crippen LogP contribution in [-0.2, 0) is 5.41 Å². The lowest BCUT2D eigenvalue weighted by Crippen LogP contribution is -2.30. The first-order valence-corrected chi connectivity index (χ1v) is 8.85. The molecule has 0 amide bonds. The van der Waals surface area contributed by atoms with Gasteiger partial charge < -0.3 is 4.74 Å². The highest BCUT2D eigenvalue weighted by Gasteiger charge is 2.35. The van der Waals surface area contributed by atoms with Crippen molar-refractivity contribution in [3.05, 3.63) is 65.7 Å². The standard InChI is InChI=1S/C22H28O/c1-21(2,3)23-20-14-12-19(13-15-20)22(16-8-5-9-17-22)18-10-6-4-7-11-18/h4,6-7,10-15H,5,8-9,16-17H2,1-3H3. The van der Waals surface area contributed by atoms with Gasteiger partial charge in [-0.1, -0.05) is 61.7 Å². The third-order valence-corrected chi connectivity index (χ3v) is 4.86. The van der Waals surface area contributed by atoms with Crippen LogP contribution in [0.2, 0.25) is 0 Å². The van der Waals surface area contributed by atoms with Gasteiger partial charge in [0.2, 0.25) is 0 Å². The van der Waals surface area contributed by atoms with Gasteiger partial charge in [-0.3, -0.25) is 0 Å². The van der Waals surface area contributed by atoms with Crippen molar-refractivity contribution in [2.24, 2.45) is 0 Å². The summed E-state index contributed by atoms with van der Waals surface area (Å²) in [5, 5.41) is 0. The molecule has 1 aliphatic rings. The van der Waals surface area contributed by atoms with Crippen molar-refractivity contribution in [2.45, 2.75) is 63.9 Å². The zero-order chi connectivity index (χ0) is 16.3. The quantitative estimate of drug-likeness (QED) is 0.664. The third-order valence-electron chi connectivity index (χ3n) is 4.86. The predicted molar refractivity (Wildman–Crippen MR) is 97.1 cm³/mol. The van der Waals surface area contributed by atoms with Crippen molar-refractivity contribution in [1.29, 1.82) is 0 Å². The molecule has 0 N–H and O–H groups in total. The molecule has 0 aromatic heterocycles. The lowest BCUT2D eigenvalue weighted by Gasteiger charge is -2.38. The normalized spacial score (nSPS) is 17.7. The van der Waals surface area contributed by atoms with Crippen molar-refractivity contribution >= 4 is 0 Å². The summed E-state index contributed by atoms with van der Waals surface area (Å²) in [5.41, 5.74) is 2.93. The molecule has 0 aliphatic heterocycles. The summed E-state index contributed by atoms with van der Waals surface area (Å²) in [4.78, 5) is 0. The smallest absolute Gasteiger partial charge is 0.120 e. The van der Waals surface area contributed by atoms with Crippen molar-refractivity contribution in [3.63, 3.8) is 0 Å². The van der Waals surface area contributed by atoms with E-state index in [0.29, 0.717) is 0 Å². The molecule has 23 heavy (non-hydrogen) atoms. The van der Waals surface area contributed by atoms with E-state index in [0.717, 1.165) is 5.75 Å². The van der Waals surface area contributed by atoms with Gasteiger partial charge in [-0.05, 0) is 56.9 Å².